The topological polar surface area (TPSA) is 15.7 Å². The Morgan fingerprint density at radius 2 is 1.64 bits per heavy atom. The minimum Gasteiger partial charge on any atom is -0.321 e. The second kappa shape index (κ2) is 12.2. The van der Waals surface area contributed by atoms with Crippen molar-refractivity contribution >= 4 is 0 Å². The maximum atomic E-state index is 12.0. The van der Waals surface area contributed by atoms with Gasteiger partial charge in [0, 0.05) is 32.2 Å². The van der Waals surface area contributed by atoms with Crippen molar-refractivity contribution in [2.75, 3.05) is 39.8 Å². The first-order valence-corrected chi connectivity index (χ1v) is 10.1. The molecule has 0 aromatic rings. The number of halogens is 2. The van der Waals surface area contributed by atoms with E-state index in [0.717, 1.165) is 38.0 Å². The maximum Gasteiger partial charge on any atom is 0.345 e. The van der Waals surface area contributed by atoms with Gasteiger partial charge in [0.15, 0.2) is 0 Å². The van der Waals surface area contributed by atoms with Crippen molar-refractivity contribution in [3.63, 3.8) is 0 Å². The van der Waals surface area contributed by atoms with E-state index < -0.39 is 6.61 Å². The number of ether oxygens (including phenoxy) is 1. The summed E-state index contributed by atoms with van der Waals surface area (Å²) in [5, 5.41) is 0. The van der Waals surface area contributed by atoms with E-state index in [-0.39, 0.29) is 12.6 Å². The quantitative estimate of drug-likeness (QED) is 0.680. The molecule has 1 aliphatic carbocycles. The molecule has 0 radical (unpaired) electrons. The van der Waals surface area contributed by atoms with E-state index in [4.69, 9.17) is 0 Å². The van der Waals surface area contributed by atoms with Gasteiger partial charge >= 0.3 is 6.61 Å². The molecule has 0 spiro atoms. The smallest absolute Gasteiger partial charge is 0.321 e. The van der Waals surface area contributed by atoms with Crippen LogP contribution in [0.25, 0.3) is 0 Å². The van der Waals surface area contributed by atoms with Gasteiger partial charge < -0.3 is 9.64 Å². The highest BCUT2D eigenvalue weighted by Crippen LogP contribution is 2.29. The van der Waals surface area contributed by atoms with E-state index in [1.807, 2.05) is 7.05 Å². The maximum absolute atomic E-state index is 12.0. The lowest BCUT2D eigenvalue weighted by Crippen LogP contribution is -2.54. The average molecular weight is 363 g/mol. The van der Waals surface area contributed by atoms with Crippen molar-refractivity contribution < 1.29 is 13.5 Å². The standard InChI is InChI=1S/C11H22F2N2O.C9H18/c1-9(2)6-15-5-4-14(3)10(7-15)8-16-11(12)13;1-8(2)9-6-4-3-5-7-9/h9-11H,4-8H2,1-3H3;8-9H,3-7H2,1-2H3. The van der Waals surface area contributed by atoms with Gasteiger partial charge in [0.2, 0.25) is 0 Å². The molecule has 0 bridgehead atoms. The SMILES string of the molecule is CC(C)C1CCCCC1.CC(C)CN1CCN(C)C(COC(F)F)C1. The Morgan fingerprint density at radius 1 is 1.00 bits per heavy atom. The predicted octanol–water partition coefficient (Wildman–Crippen LogP) is 4.72. The fourth-order valence-electron chi connectivity index (χ4n) is 3.86. The number of nitrogens with zero attached hydrogens (tertiary/aromatic N) is 2. The molecule has 1 heterocycles. The third-order valence-electron chi connectivity index (χ3n) is 5.49. The summed E-state index contributed by atoms with van der Waals surface area (Å²) in [6.45, 7) is 10.3. The van der Waals surface area contributed by atoms with Gasteiger partial charge in [-0.1, -0.05) is 59.8 Å². The predicted molar refractivity (Wildman–Crippen MR) is 101 cm³/mol. The lowest BCUT2D eigenvalue weighted by Gasteiger charge is -2.39. The molecule has 25 heavy (non-hydrogen) atoms. The molecule has 2 rings (SSSR count). The summed E-state index contributed by atoms with van der Waals surface area (Å²) in [5.41, 5.74) is 0. The Bertz CT molecular complexity index is 334. The van der Waals surface area contributed by atoms with Gasteiger partial charge in [-0.3, -0.25) is 4.90 Å². The Hall–Kier alpha value is -0.260. The van der Waals surface area contributed by atoms with Gasteiger partial charge in [-0.2, -0.15) is 8.78 Å². The van der Waals surface area contributed by atoms with Crippen LogP contribution in [0.5, 0.6) is 0 Å². The molecule has 1 saturated carbocycles. The Kier molecular flexibility index (Phi) is 11.1. The van der Waals surface area contributed by atoms with Gasteiger partial charge in [0.1, 0.15) is 0 Å². The Morgan fingerprint density at radius 3 is 2.12 bits per heavy atom. The van der Waals surface area contributed by atoms with Crippen molar-refractivity contribution in [1.29, 1.82) is 0 Å². The van der Waals surface area contributed by atoms with Crippen LogP contribution in [0.2, 0.25) is 0 Å². The number of rotatable bonds is 6. The molecule has 1 unspecified atom stereocenters. The largest absolute Gasteiger partial charge is 0.345 e. The van der Waals surface area contributed by atoms with Gasteiger partial charge in [-0.25, -0.2) is 0 Å². The zero-order chi connectivity index (χ0) is 18.8. The highest BCUT2D eigenvalue weighted by molar-refractivity contribution is 4.80. The minimum absolute atomic E-state index is 0.0847. The van der Waals surface area contributed by atoms with Crippen LogP contribution in [0.3, 0.4) is 0 Å². The fraction of sp³-hybridized carbons (Fsp3) is 1.00. The molecule has 150 valence electrons. The van der Waals surface area contributed by atoms with E-state index in [9.17, 15) is 8.78 Å². The van der Waals surface area contributed by atoms with Crippen LogP contribution in [0, 0.1) is 17.8 Å². The number of hydrogen-bond acceptors (Lipinski definition) is 3. The lowest BCUT2D eigenvalue weighted by molar-refractivity contribution is -0.144. The minimum atomic E-state index is -2.66. The van der Waals surface area contributed by atoms with E-state index in [1.54, 1.807) is 0 Å². The van der Waals surface area contributed by atoms with Crippen molar-refractivity contribution in [2.45, 2.75) is 72.5 Å². The summed E-state index contributed by atoms with van der Waals surface area (Å²) in [7, 11) is 1.96. The molecule has 1 aliphatic heterocycles. The zero-order valence-corrected chi connectivity index (χ0v) is 17.0. The molecule has 2 fully saturated rings. The molecule has 0 N–H and O–H groups in total. The van der Waals surface area contributed by atoms with E-state index in [0.29, 0.717) is 5.92 Å². The van der Waals surface area contributed by atoms with Crippen molar-refractivity contribution in [3.05, 3.63) is 0 Å². The first-order valence-electron chi connectivity index (χ1n) is 10.1. The summed E-state index contributed by atoms with van der Waals surface area (Å²) in [4.78, 5) is 4.42. The third-order valence-corrected chi connectivity index (χ3v) is 5.49. The van der Waals surface area contributed by atoms with E-state index in [1.165, 1.54) is 32.1 Å². The van der Waals surface area contributed by atoms with Gasteiger partial charge in [-0.05, 0) is 24.8 Å². The molecule has 1 atom stereocenters. The van der Waals surface area contributed by atoms with E-state index in [2.05, 4.69) is 42.2 Å². The first-order chi connectivity index (χ1) is 11.8. The zero-order valence-electron chi connectivity index (χ0n) is 17.0. The van der Waals surface area contributed by atoms with Crippen LogP contribution in [0.4, 0.5) is 8.78 Å². The lowest BCUT2D eigenvalue weighted by atomic mass is 9.82. The molecule has 5 heteroatoms. The summed E-state index contributed by atoms with van der Waals surface area (Å²) in [5.74, 6) is 2.60. The van der Waals surface area contributed by atoms with Crippen molar-refractivity contribution in [1.82, 2.24) is 9.80 Å². The monoisotopic (exact) mass is 362 g/mol. The average Bonchev–Trinajstić information content (AvgIpc) is 2.56. The van der Waals surface area contributed by atoms with Crippen LogP contribution in [0.15, 0.2) is 0 Å². The molecule has 0 aromatic heterocycles. The Labute approximate surface area is 154 Å². The Balaban J connectivity index is 0.000000293. The van der Waals surface area contributed by atoms with Crippen LogP contribution in [0.1, 0.15) is 59.8 Å². The first kappa shape index (κ1) is 22.8. The number of likely N-dealkylation sites (N-methyl/N-ethyl adjacent to an activating group) is 1. The second-order valence-electron chi connectivity index (χ2n) is 8.52. The van der Waals surface area contributed by atoms with Gasteiger partial charge in [0.05, 0.1) is 6.61 Å². The molecular weight excluding hydrogens is 322 g/mol. The van der Waals surface area contributed by atoms with Gasteiger partial charge in [-0.15, -0.1) is 0 Å². The van der Waals surface area contributed by atoms with Crippen LogP contribution < -0.4 is 0 Å². The van der Waals surface area contributed by atoms with Crippen LogP contribution in [-0.4, -0.2) is 62.3 Å². The number of alkyl halides is 2. The van der Waals surface area contributed by atoms with E-state index >= 15 is 0 Å². The summed E-state index contributed by atoms with van der Waals surface area (Å²) >= 11 is 0. The number of piperazine rings is 1. The molecule has 3 nitrogen and oxygen atoms in total. The second-order valence-corrected chi connectivity index (χ2v) is 8.52. The normalized spacial score (nSPS) is 24.0. The van der Waals surface area contributed by atoms with Crippen LogP contribution in [-0.2, 0) is 4.74 Å². The molecule has 1 saturated heterocycles. The highest BCUT2D eigenvalue weighted by atomic mass is 19.3. The summed E-state index contributed by atoms with van der Waals surface area (Å²) in [6.07, 6.45) is 7.46. The van der Waals surface area contributed by atoms with Gasteiger partial charge in [0.25, 0.3) is 0 Å². The molecule has 0 amide bonds. The third kappa shape index (κ3) is 9.86. The molecule has 2 aliphatic rings. The summed E-state index contributed by atoms with van der Waals surface area (Å²) < 4.78 is 28.3. The highest BCUT2D eigenvalue weighted by Gasteiger charge is 2.25. The van der Waals surface area contributed by atoms with Crippen molar-refractivity contribution in [3.8, 4) is 0 Å². The van der Waals surface area contributed by atoms with Crippen LogP contribution >= 0.6 is 0 Å². The fourth-order valence-corrected chi connectivity index (χ4v) is 3.86. The molecular formula is C20H40F2N2O. The number of hydrogen-bond donors (Lipinski definition) is 0. The van der Waals surface area contributed by atoms with Crippen molar-refractivity contribution in [2.24, 2.45) is 17.8 Å². The summed E-state index contributed by atoms with van der Waals surface area (Å²) in [6, 6.07) is 0.0847. The molecule has 0 aromatic carbocycles.